The average Bonchev–Trinajstić information content (AvgIpc) is 2.55. The van der Waals surface area contributed by atoms with E-state index in [2.05, 4.69) is 15.6 Å². The number of methoxy groups -OCH3 is 1. The smallest absolute Gasteiger partial charge is 0.315 e. The van der Waals surface area contributed by atoms with Gasteiger partial charge in [0.25, 0.3) is 0 Å². The van der Waals surface area contributed by atoms with Gasteiger partial charge in [-0.15, -0.1) is 0 Å². The van der Waals surface area contributed by atoms with Gasteiger partial charge in [0.15, 0.2) is 0 Å². The summed E-state index contributed by atoms with van der Waals surface area (Å²) in [6.07, 6.45) is 5.55. The monoisotopic (exact) mass is 307 g/mol. The summed E-state index contributed by atoms with van der Waals surface area (Å²) in [6.45, 7) is 0.411. The maximum atomic E-state index is 14.1. The first-order valence-corrected chi connectivity index (χ1v) is 7.77. The number of fused-ring (bicyclic) bond motifs is 3. The third kappa shape index (κ3) is 3.15. The number of carbonyl (C=O) groups is 1. The van der Waals surface area contributed by atoms with E-state index in [1.807, 2.05) is 6.07 Å². The number of rotatable bonds is 4. The number of carbonyl (C=O) groups excluding carboxylic acids is 1. The minimum absolute atomic E-state index is 0.191. The van der Waals surface area contributed by atoms with Crippen LogP contribution in [0.4, 0.5) is 9.18 Å². The van der Waals surface area contributed by atoms with Crippen LogP contribution in [-0.4, -0.2) is 29.3 Å². The van der Waals surface area contributed by atoms with Gasteiger partial charge in [-0.2, -0.15) is 0 Å². The maximum Gasteiger partial charge on any atom is 0.315 e. The summed E-state index contributed by atoms with van der Waals surface area (Å²) in [7, 11) is 1.56. The number of hydrogen-bond acceptors (Lipinski definition) is 3. The number of urea groups is 1. The highest BCUT2D eigenvalue weighted by Crippen LogP contribution is 2.48. The topological polar surface area (TPSA) is 63.2 Å². The lowest BCUT2D eigenvalue weighted by Crippen LogP contribution is -2.59. The molecule has 0 radical (unpaired) electrons. The van der Waals surface area contributed by atoms with E-state index in [1.54, 1.807) is 19.4 Å². The predicted octanol–water partition coefficient (Wildman–Crippen LogP) is 2.70. The van der Waals surface area contributed by atoms with Gasteiger partial charge < -0.3 is 15.4 Å². The molecule has 2 N–H and O–H groups in total. The molecule has 3 aliphatic carbocycles. The molecule has 3 aliphatic rings. The van der Waals surface area contributed by atoms with E-state index >= 15 is 0 Å². The highest BCUT2D eigenvalue weighted by molar-refractivity contribution is 5.74. The fourth-order valence-corrected chi connectivity index (χ4v) is 3.47. The first kappa shape index (κ1) is 15.1. The van der Waals surface area contributed by atoms with Crippen LogP contribution in [-0.2, 0) is 6.54 Å². The molecule has 2 bridgehead atoms. The lowest BCUT2D eigenvalue weighted by atomic mass is 9.64. The van der Waals surface area contributed by atoms with Gasteiger partial charge >= 0.3 is 6.03 Å². The van der Waals surface area contributed by atoms with Crippen molar-refractivity contribution in [1.82, 2.24) is 15.6 Å². The summed E-state index contributed by atoms with van der Waals surface area (Å²) in [6, 6.07) is 3.43. The Morgan fingerprint density at radius 3 is 2.64 bits per heavy atom. The van der Waals surface area contributed by atoms with Crippen molar-refractivity contribution in [3.05, 3.63) is 23.9 Å². The number of nitrogens with zero attached hydrogens (tertiary/aromatic N) is 1. The lowest BCUT2D eigenvalue weighted by Gasteiger charge is -2.49. The molecule has 3 fully saturated rings. The summed E-state index contributed by atoms with van der Waals surface area (Å²) < 4.78 is 19.2. The molecular weight excluding hydrogens is 285 g/mol. The van der Waals surface area contributed by atoms with Crippen LogP contribution in [0.1, 0.15) is 44.1 Å². The van der Waals surface area contributed by atoms with Gasteiger partial charge in [0.1, 0.15) is 5.67 Å². The zero-order chi connectivity index (χ0) is 15.6. The number of halogens is 1. The van der Waals surface area contributed by atoms with E-state index in [9.17, 15) is 9.18 Å². The average molecular weight is 307 g/mol. The SMILES string of the molecule is COc1cc(CNC(=O)NC23CCC(F)(CC2)CC3)ccn1. The number of aromatic nitrogens is 1. The van der Waals surface area contributed by atoms with Gasteiger partial charge in [-0.1, -0.05) is 0 Å². The van der Waals surface area contributed by atoms with E-state index in [1.165, 1.54) is 0 Å². The van der Waals surface area contributed by atoms with E-state index in [4.69, 9.17) is 4.74 Å². The fourth-order valence-electron chi connectivity index (χ4n) is 3.47. The number of hydrogen-bond donors (Lipinski definition) is 2. The number of amides is 2. The second kappa shape index (κ2) is 5.74. The van der Waals surface area contributed by atoms with Gasteiger partial charge in [0.05, 0.1) is 7.11 Å². The van der Waals surface area contributed by atoms with Gasteiger partial charge in [0.2, 0.25) is 5.88 Å². The standard InChI is InChI=1S/C16H22FN3O2/c1-22-13-10-12(2-9-18-13)11-19-14(21)20-16-6-3-15(17,4-7-16)5-8-16/h2,9-10H,3-8,11H2,1H3,(H2,19,20,21). The summed E-state index contributed by atoms with van der Waals surface area (Å²) in [5.74, 6) is 0.525. The van der Waals surface area contributed by atoms with Gasteiger partial charge in [-0.3, -0.25) is 0 Å². The molecule has 22 heavy (non-hydrogen) atoms. The van der Waals surface area contributed by atoms with E-state index < -0.39 is 5.67 Å². The van der Waals surface area contributed by atoms with Crippen LogP contribution in [0.2, 0.25) is 0 Å². The van der Waals surface area contributed by atoms with E-state index in [0.29, 0.717) is 31.7 Å². The number of nitrogens with one attached hydrogen (secondary N) is 2. The Labute approximate surface area is 129 Å². The van der Waals surface area contributed by atoms with Crippen molar-refractivity contribution in [2.45, 2.75) is 56.3 Å². The molecule has 0 unspecified atom stereocenters. The van der Waals surface area contributed by atoms with Crippen molar-refractivity contribution in [2.75, 3.05) is 7.11 Å². The second-order valence-electron chi connectivity index (χ2n) is 6.45. The zero-order valence-corrected chi connectivity index (χ0v) is 12.8. The first-order chi connectivity index (χ1) is 10.5. The van der Waals surface area contributed by atoms with Crippen molar-refractivity contribution in [2.24, 2.45) is 0 Å². The summed E-state index contributed by atoms with van der Waals surface area (Å²) in [5.41, 5.74) is -0.268. The molecule has 0 atom stereocenters. The number of ether oxygens (including phenoxy) is 1. The van der Waals surface area contributed by atoms with Crippen LogP contribution in [0, 0.1) is 0 Å². The van der Waals surface area contributed by atoms with Crippen molar-refractivity contribution in [1.29, 1.82) is 0 Å². The highest BCUT2D eigenvalue weighted by Gasteiger charge is 2.49. The summed E-state index contributed by atoms with van der Waals surface area (Å²) in [4.78, 5) is 16.2. The molecule has 4 rings (SSSR count). The molecule has 1 aromatic rings. The van der Waals surface area contributed by atoms with Gasteiger partial charge in [-0.05, 0) is 50.2 Å². The molecule has 0 aromatic carbocycles. The molecule has 2 amide bonds. The van der Waals surface area contributed by atoms with Crippen LogP contribution in [0.25, 0.3) is 0 Å². The fraction of sp³-hybridized carbons (Fsp3) is 0.625. The quantitative estimate of drug-likeness (QED) is 0.899. The molecular formula is C16H22FN3O2. The number of alkyl halides is 1. The maximum absolute atomic E-state index is 14.1. The Balaban J connectivity index is 1.52. The Bertz CT molecular complexity index is 540. The molecule has 3 saturated carbocycles. The Hall–Kier alpha value is -1.85. The predicted molar refractivity (Wildman–Crippen MR) is 80.4 cm³/mol. The van der Waals surface area contributed by atoms with Crippen molar-refractivity contribution < 1.29 is 13.9 Å². The normalized spacial score (nSPS) is 29.9. The van der Waals surface area contributed by atoms with Crippen LogP contribution in [0.3, 0.4) is 0 Å². The Morgan fingerprint density at radius 1 is 1.32 bits per heavy atom. The van der Waals surface area contributed by atoms with Crippen molar-refractivity contribution >= 4 is 6.03 Å². The van der Waals surface area contributed by atoms with E-state index in [-0.39, 0.29) is 11.6 Å². The van der Waals surface area contributed by atoms with Crippen molar-refractivity contribution in [3.8, 4) is 5.88 Å². The third-order valence-corrected chi connectivity index (χ3v) is 4.99. The summed E-state index contributed by atoms with van der Waals surface area (Å²) >= 11 is 0. The minimum atomic E-state index is -0.979. The molecule has 0 aliphatic heterocycles. The van der Waals surface area contributed by atoms with Crippen LogP contribution in [0.15, 0.2) is 18.3 Å². The van der Waals surface area contributed by atoms with Gasteiger partial charge in [0, 0.05) is 24.3 Å². The molecule has 0 saturated heterocycles. The zero-order valence-electron chi connectivity index (χ0n) is 12.8. The molecule has 1 heterocycles. The molecule has 5 nitrogen and oxygen atoms in total. The Kier molecular flexibility index (Phi) is 3.93. The largest absolute Gasteiger partial charge is 0.481 e. The summed E-state index contributed by atoms with van der Waals surface area (Å²) in [5, 5.41) is 5.93. The van der Waals surface area contributed by atoms with Crippen LogP contribution >= 0.6 is 0 Å². The van der Waals surface area contributed by atoms with Crippen molar-refractivity contribution in [3.63, 3.8) is 0 Å². The second-order valence-corrected chi connectivity index (χ2v) is 6.45. The molecule has 120 valence electrons. The molecule has 0 spiro atoms. The first-order valence-electron chi connectivity index (χ1n) is 7.77. The minimum Gasteiger partial charge on any atom is -0.481 e. The van der Waals surface area contributed by atoms with Crippen LogP contribution in [0.5, 0.6) is 5.88 Å². The number of pyridine rings is 1. The lowest BCUT2D eigenvalue weighted by molar-refractivity contribution is -0.00342. The molecule has 1 aromatic heterocycles. The van der Waals surface area contributed by atoms with Crippen LogP contribution < -0.4 is 15.4 Å². The third-order valence-electron chi connectivity index (χ3n) is 4.99. The van der Waals surface area contributed by atoms with E-state index in [0.717, 1.165) is 24.8 Å². The highest BCUT2D eigenvalue weighted by atomic mass is 19.1. The Morgan fingerprint density at radius 2 is 2.00 bits per heavy atom. The van der Waals surface area contributed by atoms with Gasteiger partial charge in [-0.25, -0.2) is 14.2 Å². The molecule has 6 heteroatoms.